The number of carbonyl (C=O) groups is 1. The SMILES string of the molecule is COc1cc(/C=N\N=C2NC(=O)[C@H](Cc3ccccc3)S2)ccc1O. The highest BCUT2D eigenvalue weighted by atomic mass is 32.2. The molecule has 1 aliphatic rings. The molecule has 1 saturated heterocycles. The van der Waals surface area contributed by atoms with Crippen molar-refractivity contribution in [2.75, 3.05) is 7.11 Å². The van der Waals surface area contributed by atoms with E-state index in [2.05, 4.69) is 15.5 Å². The zero-order valence-electron chi connectivity index (χ0n) is 13.5. The normalized spacial score (nSPS) is 18.7. The molecular weight excluding hydrogens is 338 g/mol. The van der Waals surface area contributed by atoms with Crippen LogP contribution < -0.4 is 10.1 Å². The lowest BCUT2D eigenvalue weighted by atomic mass is 10.1. The molecule has 2 N–H and O–H groups in total. The van der Waals surface area contributed by atoms with Crippen molar-refractivity contribution in [1.82, 2.24) is 5.32 Å². The first-order valence-corrected chi connectivity index (χ1v) is 8.53. The standard InChI is InChI=1S/C18H17N3O3S/c1-24-15-9-13(7-8-14(15)22)11-19-21-18-20-17(23)16(25-18)10-12-5-3-2-4-6-12/h2-9,11,16,22H,10H2,1H3,(H,20,21,23)/b19-11-/t16-/m0/s1. The Morgan fingerprint density at radius 2 is 2.08 bits per heavy atom. The van der Waals surface area contributed by atoms with Crippen molar-refractivity contribution in [3.63, 3.8) is 0 Å². The number of rotatable bonds is 5. The summed E-state index contributed by atoms with van der Waals surface area (Å²) in [7, 11) is 1.48. The Balaban J connectivity index is 1.64. The third-order valence-electron chi connectivity index (χ3n) is 3.60. The average Bonchev–Trinajstić information content (AvgIpc) is 2.97. The van der Waals surface area contributed by atoms with Crippen molar-refractivity contribution in [2.24, 2.45) is 10.2 Å². The maximum Gasteiger partial charge on any atom is 0.239 e. The Bertz CT molecular complexity index is 822. The van der Waals surface area contributed by atoms with Crippen LogP contribution in [-0.2, 0) is 11.2 Å². The Labute approximate surface area is 149 Å². The minimum Gasteiger partial charge on any atom is -0.504 e. The van der Waals surface area contributed by atoms with Gasteiger partial charge in [-0.15, -0.1) is 5.10 Å². The third-order valence-corrected chi connectivity index (χ3v) is 4.67. The maximum atomic E-state index is 12.0. The third kappa shape index (κ3) is 4.39. The van der Waals surface area contributed by atoms with E-state index in [1.165, 1.54) is 31.2 Å². The molecule has 2 aromatic rings. The molecule has 2 aromatic carbocycles. The largest absolute Gasteiger partial charge is 0.504 e. The number of carbonyl (C=O) groups excluding carboxylic acids is 1. The van der Waals surface area contributed by atoms with Crippen molar-refractivity contribution < 1.29 is 14.6 Å². The van der Waals surface area contributed by atoms with Crippen LogP contribution in [0.1, 0.15) is 11.1 Å². The number of hydrogen-bond donors (Lipinski definition) is 2. The number of methoxy groups -OCH3 is 1. The Hall–Kier alpha value is -2.80. The molecule has 1 aliphatic heterocycles. The number of benzene rings is 2. The monoisotopic (exact) mass is 355 g/mol. The molecule has 1 fully saturated rings. The van der Waals surface area contributed by atoms with Gasteiger partial charge >= 0.3 is 0 Å². The van der Waals surface area contributed by atoms with Crippen molar-refractivity contribution in [2.45, 2.75) is 11.7 Å². The molecule has 1 amide bonds. The molecule has 128 valence electrons. The van der Waals surface area contributed by atoms with Crippen molar-refractivity contribution in [1.29, 1.82) is 0 Å². The minimum atomic E-state index is -0.204. The Morgan fingerprint density at radius 3 is 2.84 bits per heavy atom. The molecule has 0 saturated carbocycles. The second-order valence-electron chi connectivity index (χ2n) is 5.37. The van der Waals surface area contributed by atoms with Crippen molar-refractivity contribution in [3.05, 3.63) is 59.7 Å². The lowest BCUT2D eigenvalue weighted by Gasteiger charge is -2.04. The number of nitrogens with one attached hydrogen (secondary N) is 1. The first-order valence-electron chi connectivity index (χ1n) is 7.65. The van der Waals surface area contributed by atoms with Crippen LogP contribution >= 0.6 is 11.8 Å². The van der Waals surface area contributed by atoms with Crippen LogP contribution in [0.5, 0.6) is 11.5 Å². The second-order valence-corrected chi connectivity index (χ2v) is 6.56. The molecule has 1 heterocycles. The van der Waals surface area contributed by atoms with Gasteiger partial charge in [-0.25, -0.2) is 0 Å². The Morgan fingerprint density at radius 1 is 1.28 bits per heavy atom. The molecule has 7 heteroatoms. The van der Waals surface area contributed by atoms with Gasteiger partial charge in [-0.1, -0.05) is 42.1 Å². The van der Waals surface area contributed by atoms with E-state index >= 15 is 0 Å². The summed E-state index contributed by atoms with van der Waals surface area (Å²) in [6.45, 7) is 0. The molecule has 25 heavy (non-hydrogen) atoms. The smallest absolute Gasteiger partial charge is 0.239 e. The zero-order chi connectivity index (χ0) is 17.6. The molecular formula is C18H17N3O3S. The van der Waals surface area contributed by atoms with Gasteiger partial charge < -0.3 is 15.2 Å². The van der Waals surface area contributed by atoms with Gasteiger partial charge in [0, 0.05) is 0 Å². The predicted molar refractivity (Wildman–Crippen MR) is 99.4 cm³/mol. The predicted octanol–water partition coefficient (Wildman–Crippen LogP) is 2.57. The average molecular weight is 355 g/mol. The fraction of sp³-hybridized carbons (Fsp3) is 0.167. The molecule has 6 nitrogen and oxygen atoms in total. The summed E-state index contributed by atoms with van der Waals surface area (Å²) in [5.74, 6) is 0.366. The second kappa shape index (κ2) is 7.85. The van der Waals surface area contributed by atoms with Crippen LogP contribution in [0.15, 0.2) is 58.7 Å². The van der Waals surface area contributed by atoms with Gasteiger partial charge in [0.05, 0.1) is 18.6 Å². The molecule has 0 radical (unpaired) electrons. The minimum absolute atomic E-state index is 0.0610. The summed E-state index contributed by atoms with van der Waals surface area (Å²) >= 11 is 1.37. The summed E-state index contributed by atoms with van der Waals surface area (Å²) in [6, 6.07) is 14.7. The van der Waals surface area contributed by atoms with Crippen molar-refractivity contribution >= 4 is 29.1 Å². The topological polar surface area (TPSA) is 83.3 Å². The van der Waals surface area contributed by atoms with Crippen LogP contribution in [0, 0.1) is 0 Å². The van der Waals surface area contributed by atoms with Gasteiger partial charge in [0.1, 0.15) is 0 Å². The number of aromatic hydroxyl groups is 1. The van der Waals surface area contributed by atoms with Gasteiger partial charge in [-0.05, 0) is 35.7 Å². The maximum absolute atomic E-state index is 12.0. The number of nitrogens with zero attached hydrogens (tertiary/aromatic N) is 2. The summed E-state index contributed by atoms with van der Waals surface area (Å²) in [5, 5.41) is 20.6. The number of ether oxygens (including phenoxy) is 1. The van der Waals surface area contributed by atoms with Crippen LogP contribution in [0.25, 0.3) is 0 Å². The number of thioether (sulfide) groups is 1. The van der Waals surface area contributed by atoms with Gasteiger partial charge in [0.15, 0.2) is 16.7 Å². The summed E-state index contributed by atoms with van der Waals surface area (Å²) in [6.07, 6.45) is 2.18. The van der Waals surface area contributed by atoms with Crippen LogP contribution in [0.2, 0.25) is 0 Å². The molecule has 0 aromatic heterocycles. The summed E-state index contributed by atoms with van der Waals surface area (Å²) in [4.78, 5) is 12.0. The first-order chi connectivity index (χ1) is 12.2. The van der Waals surface area contributed by atoms with E-state index in [0.717, 1.165) is 11.1 Å². The number of amides is 1. The van der Waals surface area contributed by atoms with E-state index in [-0.39, 0.29) is 16.9 Å². The number of amidine groups is 1. The lowest BCUT2D eigenvalue weighted by molar-refractivity contribution is -0.118. The van der Waals surface area contributed by atoms with E-state index in [1.54, 1.807) is 12.1 Å². The highest BCUT2D eigenvalue weighted by Gasteiger charge is 2.30. The quantitative estimate of drug-likeness (QED) is 0.638. The van der Waals surface area contributed by atoms with E-state index < -0.39 is 0 Å². The van der Waals surface area contributed by atoms with Gasteiger partial charge in [0.25, 0.3) is 0 Å². The van der Waals surface area contributed by atoms with Crippen LogP contribution in [0.3, 0.4) is 0 Å². The van der Waals surface area contributed by atoms with E-state index in [9.17, 15) is 9.90 Å². The fourth-order valence-corrected chi connectivity index (χ4v) is 3.30. The highest BCUT2D eigenvalue weighted by Crippen LogP contribution is 2.26. The first kappa shape index (κ1) is 17.0. The van der Waals surface area contributed by atoms with Crippen LogP contribution in [-0.4, -0.2) is 34.8 Å². The van der Waals surface area contributed by atoms with Crippen molar-refractivity contribution in [3.8, 4) is 11.5 Å². The van der Waals surface area contributed by atoms with Gasteiger partial charge in [0.2, 0.25) is 5.91 Å². The zero-order valence-corrected chi connectivity index (χ0v) is 14.4. The molecule has 0 aliphatic carbocycles. The van der Waals surface area contributed by atoms with E-state index in [1.807, 2.05) is 30.3 Å². The van der Waals surface area contributed by atoms with Crippen LogP contribution in [0.4, 0.5) is 0 Å². The summed E-state index contributed by atoms with van der Waals surface area (Å²) in [5.41, 5.74) is 1.84. The van der Waals surface area contributed by atoms with Gasteiger partial charge in [-0.3, -0.25) is 4.79 Å². The molecule has 3 rings (SSSR count). The molecule has 0 bridgehead atoms. The van der Waals surface area contributed by atoms with E-state index in [4.69, 9.17) is 4.74 Å². The summed E-state index contributed by atoms with van der Waals surface area (Å²) < 4.78 is 5.04. The number of phenols is 1. The molecule has 1 atom stereocenters. The molecule has 0 spiro atoms. The van der Waals surface area contributed by atoms with E-state index in [0.29, 0.717) is 17.3 Å². The lowest BCUT2D eigenvalue weighted by Crippen LogP contribution is -2.25. The number of phenolic OH excluding ortho intramolecular Hbond substituents is 1. The number of hydrogen-bond acceptors (Lipinski definition) is 6. The van der Waals surface area contributed by atoms with Gasteiger partial charge in [-0.2, -0.15) is 5.10 Å². The fourth-order valence-electron chi connectivity index (χ4n) is 2.34. The molecule has 0 unspecified atom stereocenters. The highest BCUT2D eigenvalue weighted by molar-refractivity contribution is 8.15. The Kier molecular flexibility index (Phi) is 5.35.